The summed E-state index contributed by atoms with van der Waals surface area (Å²) >= 11 is 1.34. The van der Waals surface area contributed by atoms with Gasteiger partial charge in [0, 0.05) is 10.9 Å². The standard InChI is InChI=1S/C18H16N4O3S/c23-15(21-18(25)20-12-6-7-12)9-22-10-19-13-8-14(26-16(13)17(22)24)11-4-2-1-3-5-11/h1-5,8,10,12H,6-7,9H2,(H2,20,21,23,25). The topological polar surface area (TPSA) is 93.1 Å². The van der Waals surface area contributed by atoms with Gasteiger partial charge >= 0.3 is 6.03 Å². The highest BCUT2D eigenvalue weighted by Crippen LogP contribution is 2.30. The number of imide groups is 1. The van der Waals surface area contributed by atoms with E-state index in [2.05, 4.69) is 15.6 Å². The van der Waals surface area contributed by atoms with Gasteiger partial charge < -0.3 is 5.32 Å². The zero-order chi connectivity index (χ0) is 18.1. The summed E-state index contributed by atoms with van der Waals surface area (Å²) < 4.78 is 1.70. The molecule has 2 heterocycles. The van der Waals surface area contributed by atoms with E-state index in [4.69, 9.17) is 0 Å². The first-order valence-electron chi connectivity index (χ1n) is 8.25. The van der Waals surface area contributed by atoms with Crippen LogP contribution in [-0.4, -0.2) is 27.5 Å². The van der Waals surface area contributed by atoms with Gasteiger partial charge in [-0.15, -0.1) is 11.3 Å². The van der Waals surface area contributed by atoms with E-state index in [-0.39, 0.29) is 18.1 Å². The first kappa shape index (κ1) is 16.5. The summed E-state index contributed by atoms with van der Waals surface area (Å²) in [5.41, 5.74) is 1.32. The number of nitrogens with zero attached hydrogens (tertiary/aromatic N) is 2. The fraction of sp³-hybridized carbons (Fsp3) is 0.222. The molecule has 1 aliphatic carbocycles. The van der Waals surface area contributed by atoms with Crippen LogP contribution in [0, 0.1) is 0 Å². The summed E-state index contributed by atoms with van der Waals surface area (Å²) in [5, 5.41) is 4.90. The van der Waals surface area contributed by atoms with Crippen molar-refractivity contribution in [1.82, 2.24) is 20.2 Å². The highest BCUT2D eigenvalue weighted by molar-refractivity contribution is 7.22. The minimum absolute atomic E-state index is 0.158. The number of carbonyl (C=O) groups excluding carboxylic acids is 2. The van der Waals surface area contributed by atoms with Crippen LogP contribution >= 0.6 is 11.3 Å². The van der Waals surface area contributed by atoms with Gasteiger partial charge in [0.2, 0.25) is 5.91 Å². The van der Waals surface area contributed by atoms with E-state index < -0.39 is 11.9 Å². The van der Waals surface area contributed by atoms with Gasteiger partial charge in [0.15, 0.2) is 0 Å². The molecule has 0 spiro atoms. The first-order chi connectivity index (χ1) is 12.6. The van der Waals surface area contributed by atoms with Crippen molar-refractivity contribution in [2.75, 3.05) is 0 Å². The molecular formula is C18H16N4O3S. The van der Waals surface area contributed by atoms with Gasteiger partial charge in [0.1, 0.15) is 11.2 Å². The van der Waals surface area contributed by atoms with Crippen LogP contribution in [0.5, 0.6) is 0 Å². The number of hydrogen-bond donors (Lipinski definition) is 2. The average Bonchev–Trinajstić information content (AvgIpc) is 3.32. The van der Waals surface area contributed by atoms with Crippen LogP contribution in [-0.2, 0) is 11.3 Å². The van der Waals surface area contributed by atoms with Gasteiger partial charge in [-0.3, -0.25) is 19.5 Å². The number of nitrogens with one attached hydrogen (secondary N) is 2. The minimum atomic E-state index is -0.550. The predicted molar refractivity (Wildman–Crippen MR) is 99.0 cm³/mol. The quantitative estimate of drug-likeness (QED) is 0.738. The molecule has 26 heavy (non-hydrogen) atoms. The zero-order valence-electron chi connectivity index (χ0n) is 13.8. The number of carbonyl (C=O) groups is 2. The molecule has 2 N–H and O–H groups in total. The lowest BCUT2D eigenvalue weighted by Crippen LogP contribution is -2.42. The van der Waals surface area contributed by atoms with Crippen molar-refractivity contribution in [1.29, 1.82) is 0 Å². The first-order valence-corrected chi connectivity index (χ1v) is 9.06. The Kier molecular flexibility index (Phi) is 4.26. The molecule has 3 aromatic rings. The van der Waals surface area contributed by atoms with E-state index in [0.29, 0.717) is 10.2 Å². The molecule has 0 aliphatic heterocycles. The fourth-order valence-electron chi connectivity index (χ4n) is 2.57. The number of aromatic nitrogens is 2. The maximum Gasteiger partial charge on any atom is 0.321 e. The molecule has 7 nitrogen and oxygen atoms in total. The lowest BCUT2D eigenvalue weighted by atomic mass is 10.2. The van der Waals surface area contributed by atoms with Crippen molar-refractivity contribution in [2.45, 2.75) is 25.4 Å². The summed E-state index contributed by atoms with van der Waals surface area (Å²) in [4.78, 5) is 41.4. The molecule has 0 bridgehead atoms. The van der Waals surface area contributed by atoms with Crippen molar-refractivity contribution < 1.29 is 9.59 Å². The highest BCUT2D eigenvalue weighted by atomic mass is 32.1. The second-order valence-electron chi connectivity index (χ2n) is 6.16. The molecule has 0 unspecified atom stereocenters. The average molecular weight is 368 g/mol. The van der Waals surface area contributed by atoms with Crippen LogP contribution in [0.1, 0.15) is 12.8 Å². The Bertz CT molecular complexity index is 1040. The number of amides is 3. The van der Waals surface area contributed by atoms with Crippen LogP contribution < -0.4 is 16.2 Å². The van der Waals surface area contributed by atoms with Gasteiger partial charge in [0.25, 0.3) is 5.56 Å². The molecule has 1 aromatic carbocycles. The van der Waals surface area contributed by atoms with Crippen LogP contribution in [0.4, 0.5) is 4.79 Å². The predicted octanol–water partition coefficient (Wildman–Crippen LogP) is 2.11. The summed E-state index contributed by atoms with van der Waals surface area (Å²) in [6.07, 6.45) is 3.21. The van der Waals surface area contributed by atoms with Crippen molar-refractivity contribution in [3.05, 3.63) is 53.1 Å². The third kappa shape index (κ3) is 3.50. The van der Waals surface area contributed by atoms with Crippen molar-refractivity contribution in [3.63, 3.8) is 0 Å². The molecule has 4 rings (SSSR count). The number of thiophene rings is 1. The number of fused-ring (bicyclic) bond motifs is 1. The lowest BCUT2D eigenvalue weighted by Gasteiger charge is -2.07. The van der Waals surface area contributed by atoms with E-state index in [9.17, 15) is 14.4 Å². The Morgan fingerprint density at radius 2 is 2.00 bits per heavy atom. The molecule has 0 radical (unpaired) electrons. The smallest absolute Gasteiger partial charge is 0.321 e. The van der Waals surface area contributed by atoms with E-state index in [1.165, 1.54) is 22.2 Å². The molecule has 0 atom stereocenters. The van der Waals surface area contributed by atoms with Crippen LogP contribution in [0.3, 0.4) is 0 Å². The Labute approximate surface area is 152 Å². The lowest BCUT2D eigenvalue weighted by molar-refractivity contribution is -0.120. The monoisotopic (exact) mass is 368 g/mol. The Morgan fingerprint density at radius 1 is 1.23 bits per heavy atom. The molecule has 8 heteroatoms. The molecule has 132 valence electrons. The van der Waals surface area contributed by atoms with E-state index in [0.717, 1.165) is 23.3 Å². The van der Waals surface area contributed by atoms with Crippen LogP contribution in [0.15, 0.2) is 47.5 Å². The SMILES string of the molecule is O=C(Cn1cnc2cc(-c3ccccc3)sc2c1=O)NC(=O)NC1CC1. The second kappa shape index (κ2) is 6.72. The zero-order valence-corrected chi connectivity index (χ0v) is 14.6. The van der Waals surface area contributed by atoms with Gasteiger partial charge in [-0.1, -0.05) is 30.3 Å². The minimum Gasteiger partial charge on any atom is -0.335 e. The third-order valence-corrected chi connectivity index (χ3v) is 5.20. The van der Waals surface area contributed by atoms with Crippen molar-refractivity contribution in [3.8, 4) is 10.4 Å². The normalized spacial score (nSPS) is 13.5. The van der Waals surface area contributed by atoms with Gasteiger partial charge in [-0.25, -0.2) is 9.78 Å². The number of urea groups is 1. The van der Waals surface area contributed by atoms with Crippen LogP contribution in [0.2, 0.25) is 0 Å². The number of rotatable bonds is 4. The molecule has 3 amide bonds. The van der Waals surface area contributed by atoms with Crippen molar-refractivity contribution in [2.24, 2.45) is 0 Å². The Morgan fingerprint density at radius 3 is 2.73 bits per heavy atom. The summed E-state index contributed by atoms with van der Waals surface area (Å²) in [7, 11) is 0. The molecule has 1 saturated carbocycles. The maximum absolute atomic E-state index is 12.6. The highest BCUT2D eigenvalue weighted by Gasteiger charge is 2.24. The Balaban J connectivity index is 1.54. The van der Waals surface area contributed by atoms with Gasteiger partial charge in [-0.2, -0.15) is 0 Å². The van der Waals surface area contributed by atoms with E-state index >= 15 is 0 Å². The van der Waals surface area contributed by atoms with E-state index in [1.807, 2.05) is 36.4 Å². The summed E-state index contributed by atoms with van der Waals surface area (Å²) in [6.45, 7) is -0.252. The van der Waals surface area contributed by atoms with Gasteiger partial charge in [-0.05, 0) is 24.5 Å². The second-order valence-corrected chi connectivity index (χ2v) is 7.22. The maximum atomic E-state index is 12.6. The van der Waals surface area contributed by atoms with E-state index in [1.54, 1.807) is 0 Å². The molecular weight excluding hydrogens is 352 g/mol. The summed E-state index contributed by atoms with van der Waals surface area (Å²) in [6, 6.07) is 11.2. The number of benzene rings is 1. The summed E-state index contributed by atoms with van der Waals surface area (Å²) in [5.74, 6) is -0.550. The molecule has 1 aliphatic rings. The third-order valence-electron chi connectivity index (χ3n) is 4.04. The Hall–Kier alpha value is -3.00. The molecule has 0 saturated heterocycles. The van der Waals surface area contributed by atoms with Gasteiger partial charge in [0.05, 0.1) is 11.8 Å². The molecule has 2 aromatic heterocycles. The number of hydrogen-bond acceptors (Lipinski definition) is 5. The largest absolute Gasteiger partial charge is 0.335 e. The van der Waals surface area contributed by atoms with Crippen molar-refractivity contribution >= 4 is 33.5 Å². The molecule has 1 fully saturated rings. The fourth-order valence-corrected chi connectivity index (χ4v) is 3.64. The van der Waals surface area contributed by atoms with Crippen LogP contribution in [0.25, 0.3) is 20.7 Å².